The second-order valence-corrected chi connectivity index (χ2v) is 7.23. The molecule has 0 bridgehead atoms. The number of piperazine rings is 1. The number of carbonyl (C=O) groups excluding carboxylic acids is 1. The maximum atomic E-state index is 12.9. The zero-order valence-corrected chi connectivity index (χ0v) is 16.5. The number of hydrogen-bond acceptors (Lipinski definition) is 3. The first kappa shape index (κ1) is 19.1. The third-order valence-electron chi connectivity index (χ3n) is 5.27. The average Bonchev–Trinajstić information content (AvgIpc) is 2.80. The Morgan fingerprint density at radius 2 is 1.48 bits per heavy atom. The van der Waals surface area contributed by atoms with Crippen LogP contribution in [0.4, 0.5) is 5.69 Å². The molecular formula is C25H26N2O2. The highest BCUT2D eigenvalue weighted by atomic mass is 16.5. The number of anilines is 1. The van der Waals surface area contributed by atoms with E-state index in [4.69, 9.17) is 4.74 Å². The van der Waals surface area contributed by atoms with Crippen LogP contribution in [0.1, 0.15) is 15.9 Å². The van der Waals surface area contributed by atoms with Crippen molar-refractivity contribution in [1.82, 2.24) is 4.90 Å². The van der Waals surface area contributed by atoms with Gasteiger partial charge in [-0.25, -0.2) is 0 Å². The number of carbonyl (C=O) groups is 1. The molecule has 0 spiro atoms. The first-order chi connectivity index (χ1) is 14.3. The summed E-state index contributed by atoms with van der Waals surface area (Å²) in [6.07, 6.45) is 0.848. The van der Waals surface area contributed by atoms with Gasteiger partial charge in [-0.2, -0.15) is 0 Å². The van der Waals surface area contributed by atoms with E-state index in [-0.39, 0.29) is 5.91 Å². The zero-order valence-electron chi connectivity index (χ0n) is 16.5. The molecular weight excluding hydrogens is 360 g/mol. The molecule has 1 saturated heterocycles. The number of para-hydroxylation sites is 1. The number of hydrogen-bond donors (Lipinski definition) is 0. The molecule has 4 rings (SSSR count). The molecule has 1 amide bonds. The van der Waals surface area contributed by atoms with E-state index >= 15 is 0 Å². The summed E-state index contributed by atoms with van der Waals surface area (Å²) in [5, 5.41) is 0. The molecule has 0 aliphatic carbocycles. The van der Waals surface area contributed by atoms with Crippen LogP contribution in [0.15, 0.2) is 84.9 Å². The lowest BCUT2D eigenvalue weighted by atomic mass is 10.1. The van der Waals surface area contributed by atoms with Gasteiger partial charge in [0.1, 0.15) is 5.75 Å². The Morgan fingerprint density at radius 3 is 2.21 bits per heavy atom. The SMILES string of the molecule is O=C(c1cccc(OCCc2ccccc2)c1)N1CCN(c2ccccc2)CC1. The maximum absolute atomic E-state index is 12.9. The highest BCUT2D eigenvalue weighted by Crippen LogP contribution is 2.19. The summed E-state index contributed by atoms with van der Waals surface area (Å²) >= 11 is 0. The molecule has 1 aliphatic rings. The van der Waals surface area contributed by atoms with Crippen LogP contribution >= 0.6 is 0 Å². The third kappa shape index (κ3) is 4.96. The topological polar surface area (TPSA) is 32.8 Å². The zero-order chi connectivity index (χ0) is 19.9. The molecule has 4 nitrogen and oxygen atoms in total. The van der Waals surface area contributed by atoms with E-state index in [0.717, 1.165) is 38.3 Å². The van der Waals surface area contributed by atoms with Gasteiger partial charge in [0.05, 0.1) is 6.61 Å². The molecule has 1 heterocycles. The second-order valence-electron chi connectivity index (χ2n) is 7.23. The summed E-state index contributed by atoms with van der Waals surface area (Å²) in [6, 6.07) is 28.2. The molecule has 148 valence electrons. The van der Waals surface area contributed by atoms with Crippen LogP contribution in [0, 0.1) is 0 Å². The standard InChI is InChI=1S/C25H26N2O2/c28-25(27-17-15-26(16-18-27)23-11-5-2-6-12-23)22-10-7-13-24(20-22)29-19-14-21-8-3-1-4-9-21/h1-13,20H,14-19H2. The van der Waals surface area contributed by atoms with Gasteiger partial charge < -0.3 is 14.5 Å². The predicted molar refractivity (Wildman–Crippen MR) is 117 cm³/mol. The normalized spacial score (nSPS) is 13.9. The Morgan fingerprint density at radius 1 is 0.793 bits per heavy atom. The molecule has 0 N–H and O–H groups in total. The predicted octanol–water partition coefficient (Wildman–Crippen LogP) is 4.27. The number of ether oxygens (including phenoxy) is 1. The van der Waals surface area contributed by atoms with Gasteiger partial charge in [0.15, 0.2) is 0 Å². The van der Waals surface area contributed by atoms with E-state index in [2.05, 4.69) is 41.3 Å². The van der Waals surface area contributed by atoms with Crippen LogP contribution in [0.3, 0.4) is 0 Å². The van der Waals surface area contributed by atoms with Crippen molar-refractivity contribution in [2.45, 2.75) is 6.42 Å². The molecule has 0 radical (unpaired) electrons. The van der Waals surface area contributed by atoms with Crippen LogP contribution in [-0.4, -0.2) is 43.6 Å². The number of nitrogens with zero attached hydrogens (tertiary/aromatic N) is 2. The molecule has 0 aromatic heterocycles. The third-order valence-corrected chi connectivity index (χ3v) is 5.27. The van der Waals surface area contributed by atoms with E-state index < -0.39 is 0 Å². The molecule has 0 unspecified atom stereocenters. The van der Waals surface area contributed by atoms with Gasteiger partial charge in [0.2, 0.25) is 0 Å². The fourth-order valence-corrected chi connectivity index (χ4v) is 3.64. The maximum Gasteiger partial charge on any atom is 0.254 e. The van der Waals surface area contributed by atoms with Crippen molar-refractivity contribution in [2.24, 2.45) is 0 Å². The Kier molecular flexibility index (Phi) is 6.10. The Bertz CT molecular complexity index is 920. The summed E-state index contributed by atoms with van der Waals surface area (Å²) < 4.78 is 5.88. The van der Waals surface area contributed by atoms with Crippen molar-refractivity contribution in [3.63, 3.8) is 0 Å². The first-order valence-electron chi connectivity index (χ1n) is 10.2. The van der Waals surface area contributed by atoms with Crippen molar-refractivity contribution in [3.8, 4) is 5.75 Å². The molecule has 3 aromatic carbocycles. The largest absolute Gasteiger partial charge is 0.493 e. The molecule has 1 fully saturated rings. The van der Waals surface area contributed by atoms with E-state index in [1.807, 2.05) is 53.4 Å². The fraction of sp³-hybridized carbons (Fsp3) is 0.240. The lowest BCUT2D eigenvalue weighted by Gasteiger charge is -2.36. The van der Waals surface area contributed by atoms with E-state index in [9.17, 15) is 4.79 Å². The minimum Gasteiger partial charge on any atom is -0.493 e. The summed E-state index contributed by atoms with van der Waals surface area (Å²) in [5.74, 6) is 0.820. The highest BCUT2D eigenvalue weighted by molar-refractivity contribution is 5.94. The molecule has 0 atom stereocenters. The van der Waals surface area contributed by atoms with Gasteiger partial charge in [-0.1, -0.05) is 54.6 Å². The van der Waals surface area contributed by atoms with E-state index in [1.165, 1.54) is 11.3 Å². The van der Waals surface area contributed by atoms with Crippen LogP contribution in [0.25, 0.3) is 0 Å². The Hall–Kier alpha value is -3.27. The average molecular weight is 386 g/mol. The number of rotatable bonds is 6. The Labute approximate surface area is 172 Å². The summed E-state index contributed by atoms with van der Waals surface area (Å²) in [4.78, 5) is 17.2. The van der Waals surface area contributed by atoms with Gasteiger partial charge in [-0.3, -0.25) is 4.79 Å². The van der Waals surface area contributed by atoms with Gasteiger partial charge in [0.25, 0.3) is 5.91 Å². The minimum absolute atomic E-state index is 0.0752. The summed E-state index contributed by atoms with van der Waals surface area (Å²) in [6.45, 7) is 3.75. The molecule has 0 saturated carbocycles. The molecule has 3 aromatic rings. The lowest BCUT2D eigenvalue weighted by Crippen LogP contribution is -2.48. The number of benzene rings is 3. The molecule has 29 heavy (non-hydrogen) atoms. The van der Waals surface area contributed by atoms with Gasteiger partial charge in [0, 0.05) is 43.9 Å². The Balaban J connectivity index is 1.31. The second kappa shape index (κ2) is 9.28. The fourth-order valence-electron chi connectivity index (χ4n) is 3.64. The molecule has 4 heteroatoms. The first-order valence-corrected chi connectivity index (χ1v) is 10.2. The monoisotopic (exact) mass is 386 g/mol. The van der Waals surface area contributed by atoms with Crippen LogP contribution in [0.2, 0.25) is 0 Å². The van der Waals surface area contributed by atoms with Crippen LogP contribution < -0.4 is 9.64 Å². The van der Waals surface area contributed by atoms with Gasteiger partial charge in [-0.05, 0) is 35.9 Å². The summed E-state index contributed by atoms with van der Waals surface area (Å²) in [5.41, 5.74) is 3.15. The van der Waals surface area contributed by atoms with E-state index in [1.54, 1.807) is 0 Å². The summed E-state index contributed by atoms with van der Waals surface area (Å²) in [7, 11) is 0. The van der Waals surface area contributed by atoms with Gasteiger partial charge >= 0.3 is 0 Å². The van der Waals surface area contributed by atoms with E-state index in [0.29, 0.717) is 12.2 Å². The minimum atomic E-state index is 0.0752. The van der Waals surface area contributed by atoms with Crippen molar-refractivity contribution < 1.29 is 9.53 Å². The van der Waals surface area contributed by atoms with Crippen LogP contribution in [0.5, 0.6) is 5.75 Å². The highest BCUT2D eigenvalue weighted by Gasteiger charge is 2.22. The quantitative estimate of drug-likeness (QED) is 0.634. The lowest BCUT2D eigenvalue weighted by molar-refractivity contribution is 0.0746. The van der Waals surface area contributed by atoms with Gasteiger partial charge in [-0.15, -0.1) is 0 Å². The van der Waals surface area contributed by atoms with Crippen molar-refractivity contribution in [1.29, 1.82) is 0 Å². The number of amides is 1. The smallest absolute Gasteiger partial charge is 0.254 e. The molecule has 1 aliphatic heterocycles. The van der Waals surface area contributed by atoms with Crippen molar-refractivity contribution in [2.75, 3.05) is 37.7 Å². The van der Waals surface area contributed by atoms with Crippen molar-refractivity contribution in [3.05, 3.63) is 96.1 Å². The van der Waals surface area contributed by atoms with Crippen molar-refractivity contribution >= 4 is 11.6 Å². The van der Waals surface area contributed by atoms with Crippen LogP contribution in [-0.2, 0) is 6.42 Å².